The van der Waals surface area contributed by atoms with Crippen molar-refractivity contribution in [3.8, 4) is 5.75 Å². The highest BCUT2D eigenvalue weighted by Crippen LogP contribution is 2.30. The van der Waals surface area contributed by atoms with E-state index in [0.717, 1.165) is 11.3 Å². The number of carbonyl (C=O) groups excluding carboxylic acids is 1. The average molecular weight is 381 g/mol. The first-order valence-corrected chi connectivity index (χ1v) is 11.1. The van der Waals surface area contributed by atoms with Crippen molar-refractivity contribution < 1.29 is 17.9 Å². The van der Waals surface area contributed by atoms with E-state index in [2.05, 4.69) is 4.90 Å². The van der Waals surface area contributed by atoms with Gasteiger partial charge >= 0.3 is 0 Å². The van der Waals surface area contributed by atoms with E-state index in [1.165, 1.54) is 0 Å². The highest BCUT2D eigenvalue weighted by molar-refractivity contribution is 7.91. The number of amides is 1. The fraction of sp³-hybridized carbons (Fsp3) is 0.632. The Hall–Kier alpha value is -1.60. The van der Waals surface area contributed by atoms with Crippen LogP contribution in [0.15, 0.2) is 24.3 Å². The molecule has 0 aromatic heterocycles. The minimum atomic E-state index is -3.13. The average Bonchev–Trinajstić information content (AvgIpc) is 2.92. The lowest BCUT2D eigenvalue weighted by atomic mass is 10.0. The van der Waals surface area contributed by atoms with Crippen LogP contribution in [0.3, 0.4) is 0 Å². The van der Waals surface area contributed by atoms with Gasteiger partial charge in [-0.2, -0.15) is 0 Å². The minimum Gasteiger partial charge on any atom is -0.494 e. The van der Waals surface area contributed by atoms with Crippen LogP contribution in [0.5, 0.6) is 5.75 Å². The van der Waals surface area contributed by atoms with E-state index in [9.17, 15) is 13.2 Å². The van der Waals surface area contributed by atoms with Crippen LogP contribution in [0.2, 0.25) is 0 Å². The molecule has 6 nitrogen and oxygen atoms in total. The summed E-state index contributed by atoms with van der Waals surface area (Å²) in [5, 5.41) is 0. The van der Waals surface area contributed by atoms with Gasteiger partial charge in [0.25, 0.3) is 0 Å². The summed E-state index contributed by atoms with van der Waals surface area (Å²) in [6.07, 6.45) is 0. The molecule has 0 spiro atoms. The van der Waals surface area contributed by atoms with E-state index in [1.807, 2.05) is 45.0 Å². The van der Waals surface area contributed by atoms with Gasteiger partial charge in [0, 0.05) is 37.2 Å². The van der Waals surface area contributed by atoms with Gasteiger partial charge in [-0.1, -0.05) is 32.0 Å². The third-order valence-corrected chi connectivity index (χ3v) is 6.91. The van der Waals surface area contributed by atoms with Gasteiger partial charge in [-0.15, -0.1) is 0 Å². The van der Waals surface area contributed by atoms with Crippen molar-refractivity contribution in [1.82, 2.24) is 9.80 Å². The molecular formula is C19H28N2O4S. The van der Waals surface area contributed by atoms with E-state index in [4.69, 9.17) is 4.74 Å². The van der Waals surface area contributed by atoms with Crippen LogP contribution in [-0.2, 0) is 21.2 Å². The lowest BCUT2D eigenvalue weighted by molar-refractivity contribution is -0.140. The van der Waals surface area contributed by atoms with Crippen LogP contribution in [0.1, 0.15) is 26.3 Å². The number of hydrogen-bond acceptors (Lipinski definition) is 5. The Kier molecular flexibility index (Phi) is 5.58. The molecule has 26 heavy (non-hydrogen) atoms. The summed E-state index contributed by atoms with van der Waals surface area (Å²) in [7, 11) is -3.13. The first-order valence-electron chi connectivity index (χ1n) is 9.28. The summed E-state index contributed by atoms with van der Waals surface area (Å²) in [6, 6.07) is 7.49. The van der Waals surface area contributed by atoms with Crippen molar-refractivity contribution in [3.63, 3.8) is 0 Å². The Morgan fingerprint density at radius 2 is 1.88 bits per heavy atom. The van der Waals surface area contributed by atoms with Gasteiger partial charge in [0.15, 0.2) is 9.84 Å². The second kappa shape index (κ2) is 7.56. The summed E-state index contributed by atoms with van der Waals surface area (Å²) in [6.45, 7) is 8.16. The zero-order valence-corrected chi connectivity index (χ0v) is 16.5. The molecule has 1 amide bonds. The first kappa shape index (κ1) is 19.2. The second-order valence-corrected chi connectivity index (χ2v) is 9.56. The smallest absolute Gasteiger partial charge is 0.225 e. The molecule has 0 unspecified atom stereocenters. The number of para-hydroxylation sites is 1. The predicted molar refractivity (Wildman–Crippen MR) is 101 cm³/mol. The van der Waals surface area contributed by atoms with Crippen LogP contribution in [0.25, 0.3) is 0 Å². The van der Waals surface area contributed by atoms with E-state index in [1.54, 1.807) is 4.90 Å². The largest absolute Gasteiger partial charge is 0.494 e. The number of nitrogens with zero attached hydrogens (tertiary/aromatic N) is 2. The molecule has 0 N–H and O–H groups in total. The number of hydrogen-bond donors (Lipinski definition) is 0. The highest BCUT2D eigenvalue weighted by atomic mass is 32.2. The number of sulfone groups is 1. The molecule has 0 aliphatic carbocycles. The molecule has 1 aromatic carbocycles. The van der Waals surface area contributed by atoms with Crippen LogP contribution in [0, 0.1) is 5.92 Å². The number of ether oxygens (including phenoxy) is 1. The molecule has 2 aliphatic heterocycles. The SMILES string of the molecule is CCOc1ccccc1CN1CCN(C(=O)C(C)C)[C@H]2CS(=O)(=O)C[C@H]21. The zero-order chi connectivity index (χ0) is 18.9. The Labute approximate surface area is 156 Å². The second-order valence-electron chi connectivity index (χ2n) is 7.41. The van der Waals surface area contributed by atoms with Crippen molar-refractivity contribution in [2.45, 2.75) is 39.4 Å². The van der Waals surface area contributed by atoms with Gasteiger partial charge in [0.2, 0.25) is 5.91 Å². The lowest BCUT2D eigenvalue weighted by Gasteiger charge is -2.44. The standard InChI is InChI=1S/C19H28N2O4S/c1-4-25-18-8-6-5-7-15(18)11-20-9-10-21(19(22)14(2)3)17-13-26(23,24)12-16(17)20/h5-8,14,16-17H,4,9-13H2,1-3H3/t16-,17+/m1/s1. The van der Waals surface area contributed by atoms with Gasteiger partial charge in [0.05, 0.1) is 24.2 Å². The molecule has 2 aliphatic rings. The van der Waals surface area contributed by atoms with Crippen LogP contribution in [-0.4, -0.2) is 67.4 Å². The van der Waals surface area contributed by atoms with Crippen molar-refractivity contribution in [3.05, 3.63) is 29.8 Å². The molecule has 2 heterocycles. The maximum Gasteiger partial charge on any atom is 0.225 e. The Bertz CT molecular complexity index is 763. The monoisotopic (exact) mass is 380 g/mol. The number of piperazine rings is 1. The van der Waals surface area contributed by atoms with Gasteiger partial charge in [-0.25, -0.2) is 8.42 Å². The van der Waals surface area contributed by atoms with Gasteiger partial charge < -0.3 is 9.64 Å². The Morgan fingerprint density at radius 1 is 1.19 bits per heavy atom. The van der Waals surface area contributed by atoms with Crippen molar-refractivity contribution in [2.24, 2.45) is 5.92 Å². The van der Waals surface area contributed by atoms with E-state index < -0.39 is 9.84 Å². The maximum atomic E-state index is 12.5. The molecule has 0 radical (unpaired) electrons. The van der Waals surface area contributed by atoms with Crippen LogP contribution >= 0.6 is 0 Å². The molecule has 0 saturated carbocycles. The molecule has 7 heteroatoms. The molecule has 2 fully saturated rings. The van der Waals surface area contributed by atoms with E-state index >= 15 is 0 Å². The first-order chi connectivity index (χ1) is 12.3. The summed E-state index contributed by atoms with van der Waals surface area (Å²) < 4.78 is 30.3. The molecule has 1 aromatic rings. The van der Waals surface area contributed by atoms with Crippen molar-refractivity contribution in [1.29, 1.82) is 0 Å². The maximum absolute atomic E-state index is 12.5. The number of fused-ring (bicyclic) bond motifs is 1. The van der Waals surface area contributed by atoms with E-state index in [-0.39, 0.29) is 35.4 Å². The van der Waals surface area contributed by atoms with E-state index in [0.29, 0.717) is 26.2 Å². The summed E-state index contributed by atoms with van der Waals surface area (Å²) in [5.74, 6) is 0.958. The summed E-state index contributed by atoms with van der Waals surface area (Å²) in [4.78, 5) is 16.6. The number of carbonyl (C=O) groups is 1. The van der Waals surface area contributed by atoms with Gasteiger partial charge in [0.1, 0.15) is 5.75 Å². The molecule has 2 saturated heterocycles. The van der Waals surface area contributed by atoms with Gasteiger partial charge in [-0.3, -0.25) is 9.69 Å². The molecule has 144 valence electrons. The topological polar surface area (TPSA) is 66.9 Å². The molecular weight excluding hydrogens is 352 g/mol. The summed E-state index contributed by atoms with van der Waals surface area (Å²) >= 11 is 0. The van der Waals surface area contributed by atoms with Gasteiger partial charge in [-0.05, 0) is 13.0 Å². The van der Waals surface area contributed by atoms with Crippen LogP contribution in [0.4, 0.5) is 0 Å². The van der Waals surface area contributed by atoms with Crippen molar-refractivity contribution in [2.75, 3.05) is 31.2 Å². The zero-order valence-electron chi connectivity index (χ0n) is 15.7. The predicted octanol–water partition coefficient (Wildman–Crippen LogP) is 1.55. The molecule has 0 bridgehead atoms. The lowest BCUT2D eigenvalue weighted by Crippen LogP contribution is -2.60. The fourth-order valence-electron chi connectivity index (χ4n) is 3.98. The third kappa shape index (κ3) is 3.88. The summed E-state index contributed by atoms with van der Waals surface area (Å²) in [5.41, 5.74) is 1.06. The highest BCUT2D eigenvalue weighted by Gasteiger charge is 2.48. The number of rotatable bonds is 5. The molecule has 3 rings (SSSR count). The van der Waals surface area contributed by atoms with Crippen LogP contribution < -0.4 is 4.74 Å². The third-order valence-electron chi connectivity index (χ3n) is 5.21. The Balaban J connectivity index is 1.84. The molecule has 2 atom stereocenters. The quantitative estimate of drug-likeness (QED) is 0.775. The van der Waals surface area contributed by atoms with Crippen molar-refractivity contribution >= 4 is 15.7 Å². The number of benzene rings is 1. The normalized spacial score (nSPS) is 25.3. The minimum absolute atomic E-state index is 0.0477. The Morgan fingerprint density at radius 3 is 2.58 bits per heavy atom. The fourth-order valence-corrected chi connectivity index (χ4v) is 5.99.